The summed E-state index contributed by atoms with van der Waals surface area (Å²) in [4.78, 5) is 56.2. The van der Waals surface area contributed by atoms with Crippen molar-refractivity contribution in [3.63, 3.8) is 0 Å². The van der Waals surface area contributed by atoms with Crippen LogP contribution < -0.4 is 10.6 Å². The molecule has 1 atom stereocenters. The van der Waals surface area contributed by atoms with Crippen LogP contribution in [0.1, 0.15) is 65.4 Å². The normalized spacial score (nSPS) is 14.9. The maximum atomic E-state index is 13.8. The van der Waals surface area contributed by atoms with Crippen LogP contribution in [0.2, 0.25) is 0 Å². The third kappa shape index (κ3) is 8.78. The number of amides is 3. The van der Waals surface area contributed by atoms with E-state index in [0.717, 1.165) is 53.5 Å². The van der Waals surface area contributed by atoms with Gasteiger partial charge in [0.1, 0.15) is 24.7 Å². The van der Waals surface area contributed by atoms with Gasteiger partial charge in [-0.15, -0.1) is 0 Å². The maximum absolute atomic E-state index is 13.8. The SMILES string of the molecule is CCOC(=O)CN(CC(=O)NC1CCCCC1)C(=O)C(Cc1c[nH]c2ccccc12)NC(=O)OC(C)(C)C. The zero-order valence-electron chi connectivity index (χ0n) is 22.8. The number of rotatable bonds is 10. The number of nitrogens with one attached hydrogen (secondary N) is 3. The zero-order chi connectivity index (χ0) is 27.7. The summed E-state index contributed by atoms with van der Waals surface area (Å²) in [5.74, 6) is -1.56. The van der Waals surface area contributed by atoms with E-state index in [1.54, 1.807) is 33.9 Å². The number of nitrogens with zero attached hydrogens (tertiary/aromatic N) is 1. The Balaban J connectivity index is 1.84. The average Bonchev–Trinajstić information content (AvgIpc) is 3.25. The molecule has 0 radical (unpaired) electrons. The fourth-order valence-corrected chi connectivity index (χ4v) is 4.66. The Morgan fingerprint density at radius 1 is 1.08 bits per heavy atom. The Morgan fingerprint density at radius 3 is 2.47 bits per heavy atom. The summed E-state index contributed by atoms with van der Waals surface area (Å²) in [6, 6.07) is 6.60. The fourth-order valence-electron chi connectivity index (χ4n) is 4.66. The predicted octanol–water partition coefficient (Wildman–Crippen LogP) is 3.44. The van der Waals surface area contributed by atoms with Gasteiger partial charge in [-0.25, -0.2) is 4.79 Å². The highest BCUT2D eigenvalue weighted by Crippen LogP contribution is 2.21. The molecule has 0 spiro atoms. The fraction of sp³-hybridized carbons (Fsp3) is 0.571. The maximum Gasteiger partial charge on any atom is 0.408 e. The highest BCUT2D eigenvalue weighted by molar-refractivity contribution is 5.93. The molecule has 3 amide bonds. The van der Waals surface area contributed by atoms with Crippen molar-refractivity contribution in [1.29, 1.82) is 0 Å². The van der Waals surface area contributed by atoms with E-state index in [2.05, 4.69) is 15.6 Å². The molecule has 0 aliphatic heterocycles. The first-order chi connectivity index (χ1) is 18.1. The number of carbonyl (C=O) groups is 4. The first-order valence-corrected chi connectivity index (χ1v) is 13.3. The van der Waals surface area contributed by atoms with E-state index in [1.165, 1.54) is 0 Å². The van der Waals surface area contributed by atoms with Crippen molar-refractivity contribution >= 4 is 34.8 Å². The number of H-pyrrole nitrogens is 1. The molecule has 1 aliphatic rings. The van der Waals surface area contributed by atoms with Crippen LogP contribution in [-0.4, -0.2) is 71.1 Å². The van der Waals surface area contributed by atoms with Crippen LogP contribution in [0.3, 0.4) is 0 Å². The summed E-state index contributed by atoms with van der Waals surface area (Å²) in [6.07, 6.45) is 6.16. The van der Waals surface area contributed by atoms with Crippen molar-refractivity contribution in [1.82, 2.24) is 20.5 Å². The number of aromatic nitrogens is 1. The molecule has 2 aromatic rings. The molecule has 10 nitrogen and oxygen atoms in total. The molecule has 38 heavy (non-hydrogen) atoms. The molecule has 1 aromatic heterocycles. The third-order valence-electron chi connectivity index (χ3n) is 6.33. The topological polar surface area (TPSA) is 130 Å². The quantitative estimate of drug-likeness (QED) is 0.405. The Bertz CT molecular complexity index is 1120. The second-order valence-corrected chi connectivity index (χ2v) is 10.7. The van der Waals surface area contributed by atoms with E-state index in [0.29, 0.717) is 0 Å². The lowest BCUT2D eigenvalue weighted by atomic mass is 9.95. The van der Waals surface area contributed by atoms with Gasteiger partial charge in [0.25, 0.3) is 0 Å². The van der Waals surface area contributed by atoms with Gasteiger partial charge in [-0.3, -0.25) is 14.4 Å². The molecule has 1 aliphatic carbocycles. The molecule has 1 unspecified atom stereocenters. The lowest BCUT2D eigenvalue weighted by Crippen LogP contribution is -2.54. The van der Waals surface area contributed by atoms with Crippen molar-refractivity contribution in [2.45, 2.75) is 83.9 Å². The molecule has 10 heteroatoms. The predicted molar refractivity (Wildman–Crippen MR) is 143 cm³/mol. The minimum absolute atomic E-state index is 0.0534. The van der Waals surface area contributed by atoms with E-state index >= 15 is 0 Å². The monoisotopic (exact) mass is 528 g/mol. The highest BCUT2D eigenvalue weighted by Gasteiger charge is 2.32. The van der Waals surface area contributed by atoms with Crippen molar-refractivity contribution in [2.75, 3.05) is 19.7 Å². The molecule has 3 rings (SSSR count). The molecular formula is C28H40N4O6. The molecule has 1 heterocycles. The second-order valence-electron chi connectivity index (χ2n) is 10.7. The van der Waals surface area contributed by atoms with Gasteiger partial charge in [-0.2, -0.15) is 0 Å². The van der Waals surface area contributed by atoms with Gasteiger partial charge in [0.05, 0.1) is 6.61 Å². The number of aromatic amines is 1. The molecule has 1 aromatic carbocycles. The van der Waals surface area contributed by atoms with E-state index in [-0.39, 0.29) is 31.5 Å². The summed E-state index contributed by atoms with van der Waals surface area (Å²) in [5.41, 5.74) is 0.919. The van der Waals surface area contributed by atoms with Crippen molar-refractivity contribution in [2.24, 2.45) is 0 Å². The second kappa shape index (κ2) is 13.3. The molecule has 1 fully saturated rings. The Morgan fingerprint density at radius 2 is 1.79 bits per heavy atom. The van der Waals surface area contributed by atoms with Crippen LogP contribution in [-0.2, 0) is 30.3 Å². The summed E-state index contributed by atoms with van der Waals surface area (Å²) in [6.45, 7) is 6.26. The molecule has 208 valence electrons. The molecule has 0 bridgehead atoms. The van der Waals surface area contributed by atoms with Crippen LogP contribution in [0.4, 0.5) is 4.79 Å². The van der Waals surface area contributed by atoms with E-state index in [1.807, 2.05) is 24.3 Å². The van der Waals surface area contributed by atoms with Crippen molar-refractivity contribution < 1.29 is 28.7 Å². The van der Waals surface area contributed by atoms with Crippen LogP contribution in [0.25, 0.3) is 10.9 Å². The lowest BCUT2D eigenvalue weighted by Gasteiger charge is -2.29. The lowest BCUT2D eigenvalue weighted by molar-refractivity contribution is -0.150. The Labute approximate surface area is 223 Å². The number of para-hydroxylation sites is 1. The summed E-state index contributed by atoms with van der Waals surface area (Å²) in [7, 11) is 0. The van der Waals surface area contributed by atoms with Crippen LogP contribution in [0.15, 0.2) is 30.5 Å². The summed E-state index contributed by atoms with van der Waals surface area (Å²) < 4.78 is 10.5. The van der Waals surface area contributed by atoms with Gasteiger partial charge in [0.15, 0.2) is 0 Å². The molecule has 3 N–H and O–H groups in total. The van der Waals surface area contributed by atoms with Gasteiger partial charge in [-0.05, 0) is 52.2 Å². The van der Waals surface area contributed by atoms with Gasteiger partial charge in [0, 0.05) is 29.6 Å². The zero-order valence-corrected chi connectivity index (χ0v) is 22.8. The van der Waals surface area contributed by atoms with Gasteiger partial charge < -0.3 is 30.0 Å². The number of carbonyl (C=O) groups excluding carboxylic acids is 4. The number of alkyl carbamates (subject to hydrolysis) is 1. The smallest absolute Gasteiger partial charge is 0.408 e. The minimum atomic E-state index is -1.08. The van der Waals surface area contributed by atoms with Gasteiger partial charge in [-0.1, -0.05) is 37.5 Å². The van der Waals surface area contributed by atoms with Crippen molar-refractivity contribution in [3.8, 4) is 0 Å². The number of hydrogen-bond acceptors (Lipinski definition) is 6. The molecule has 1 saturated carbocycles. The Hall–Kier alpha value is -3.56. The Kier molecular flexibility index (Phi) is 10.2. The average molecular weight is 529 g/mol. The van der Waals surface area contributed by atoms with Crippen LogP contribution in [0.5, 0.6) is 0 Å². The summed E-state index contributed by atoms with van der Waals surface area (Å²) in [5, 5.41) is 6.56. The first-order valence-electron chi connectivity index (χ1n) is 13.3. The number of ether oxygens (including phenoxy) is 2. The number of fused-ring (bicyclic) bond motifs is 1. The standard InChI is InChI=1S/C28H40N4O6/c1-5-37-25(34)18-32(17-24(33)30-20-11-7-6-8-12-20)26(35)23(31-27(36)38-28(2,3)4)15-19-16-29-22-14-10-9-13-21(19)22/h9-10,13-14,16,20,23,29H,5-8,11-12,15,17-18H2,1-4H3,(H,30,33)(H,31,36). The van der Waals surface area contributed by atoms with E-state index in [4.69, 9.17) is 9.47 Å². The van der Waals surface area contributed by atoms with Crippen molar-refractivity contribution in [3.05, 3.63) is 36.0 Å². The largest absolute Gasteiger partial charge is 0.465 e. The minimum Gasteiger partial charge on any atom is -0.465 e. The van der Waals surface area contributed by atoms with Crippen LogP contribution in [0, 0.1) is 0 Å². The molecular weight excluding hydrogens is 488 g/mol. The first kappa shape index (κ1) is 29.0. The van der Waals surface area contributed by atoms with E-state index < -0.39 is 36.2 Å². The summed E-state index contributed by atoms with van der Waals surface area (Å²) >= 11 is 0. The highest BCUT2D eigenvalue weighted by atomic mass is 16.6. The third-order valence-corrected chi connectivity index (χ3v) is 6.33. The van der Waals surface area contributed by atoms with Crippen LogP contribution >= 0.6 is 0 Å². The number of benzene rings is 1. The number of hydrogen-bond donors (Lipinski definition) is 3. The van der Waals surface area contributed by atoms with Gasteiger partial charge in [0.2, 0.25) is 11.8 Å². The van der Waals surface area contributed by atoms with E-state index in [9.17, 15) is 19.2 Å². The van der Waals surface area contributed by atoms with Gasteiger partial charge >= 0.3 is 12.1 Å². The number of esters is 1. The molecule has 0 saturated heterocycles.